The fraction of sp³-hybridized carbons (Fsp3) is 0.524. The standard InChI is InChI=1S/C21H24F3N3OS/c1-13-25-16(12-29-13)11-27-17(14-5-3-6-15(9-14)21(22,23)24)10-20(2)18(27)7-4-8-19(28)26-20/h3,5-6,9,12,17-18H,4,7-8,10-11H2,1-2H3,(H,26,28)/t17-,18-,20-/m0/s1. The maximum Gasteiger partial charge on any atom is 0.416 e. The number of alkyl halides is 3. The van der Waals surface area contributed by atoms with Gasteiger partial charge in [-0.05, 0) is 50.8 Å². The second-order valence-electron chi connectivity index (χ2n) is 8.25. The summed E-state index contributed by atoms with van der Waals surface area (Å²) in [5.74, 6) is 0.0177. The second-order valence-corrected chi connectivity index (χ2v) is 9.31. The maximum atomic E-state index is 13.3. The Hall–Kier alpha value is -1.93. The molecule has 1 amide bonds. The van der Waals surface area contributed by atoms with Crippen molar-refractivity contribution in [3.8, 4) is 0 Å². The number of carbonyl (C=O) groups excluding carboxylic acids is 1. The number of benzene rings is 1. The number of likely N-dealkylation sites (tertiary alicyclic amines) is 1. The third-order valence-corrected chi connectivity index (χ3v) is 6.89. The van der Waals surface area contributed by atoms with Crippen molar-refractivity contribution in [2.45, 2.75) is 69.9 Å². The van der Waals surface area contributed by atoms with E-state index in [1.165, 1.54) is 12.1 Å². The molecule has 2 aromatic rings. The van der Waals surface area contributed by atoms with E-state index in [1.54, 1.807) is 17.4 Å². The van der Waals surface area contributed by atoms with Gasteiger partial charge in [0.2, 0.25) is 5.91 Å². The molecule has 8 heteroatoms. The molecule has 29 heavy (non-hydrogen) atoms. The van der Waals surface area contributed by atoms with Gasteiger partial charge in [0.15, 0.2) is 0 Å². The summed E-state index contributed by atoms with van der Waals surface area (Å²) in [6.45, 7) is 4.52. The SMILES string of the molecule is Cc1nc(CN2[C@H]3CCCC(=O)N[C@@]3(C)C[C@H]2c2cccc(C(F)(F)F)c2)cs1. The van der Waals surface area contributed by atoms with E-state index in [-0.39, 0.29) is 18.0 Å². The number of thiazole rings is 1. The number of hydrogen-bond acceptors (Lipinski definition) is 4. The normalized spacial score (nSPS) is 28.1. The number of aryl methyl sites for hydroxylation is 1. The Kier molecular flexibility index (Phi) is 5.19. The van der Waals surface area contributed by atoms with Crippen molar-refractivity contribution in [2.75, 3.05) is 0 Å². The van der Waals surface area contributed by atoms with Crippen molar-refractivity contribution >= 4 is 17.2 Å². The summed E-state index contributed by atoms with van der Waals surface area (Å²) in [6.07, 6.45) is -1.71. The Balaban J connectivity index is 1.73. The lowest BCUT2D eigenvalue weighted by Crippen LogP contribution is -2.52. The summed E-state index contributed by atoms with van der Waals surface area (Å²) in [7, 11) is 0. The van der Waals surface area contributed by atoms with Crippen LogP contribution in [0.4, 0.5) is 13.2 Å². The first kappa shape index (κ1) is 20.3. The minimum atomic E-state index is -4.38. The van der Waals surface area contributed by atoms with Crippen LogP contribution in [-0.4, -0.2) is 27.4 Å². The van der Waals surface area contributed by atoms with Gasteiger partial charge in [0.25, 0.3) is 0 Å². The highest BCUT2D eigenvalue weighted by atomic mass is 32.1. The average molecular weight is 424 g/mol. The molecule has 156 valence electrons. The molecule has 3 atom stereocenters. The van der Waals surface area contributed by atoms with Crippen molar-refractivity contribution in [3.05, 3.63) is 51.5 Å². The molecule has 2 saturated heterocycles. The Morgan fingerprint density at radius 3 is 2.86 bits per heavy atom. The highest BCUT2D eigenvalue weighted by molar-refractivity contribution is 7.09. The van der Waals surface area contributed by atoms with E-state index >= 15 is 0 Å². The van der Waals surface area contributed by atoms with E-state index < -0.39 is 17.3 Å². The zero-order valence-electron chi connectivity index (χ0n) is 16.4. The molecule has 0 aliphatic carbocycles. The van der Waals surface area contributed by atoms with Crippen LogP contribution in [0.25, 0.3) is 0 Å². The van der Waals surface area contributed by atoms with Crippen molar-refractivity contribution in [1.82, 2.24) is 15.2 Å². The van der Waals surface area contributed by atoms with Crippen molar-refractivity contribution in [1.29, 1.82) is 0 Å². The van der Waals surface area contributed by atoms with Gasteiger partial charge in [-0.25, -0.2) is 4.98 Å². The smallest absolute Gasteiger partial charge is 0.349 e. The van der Waals surface area contributed by atoms with Gasteiger partial charge >= 0.3 is 6.18 Å². The minimum absolute atomic E-state index is 0.0177. The number of rotatable bonds is 3. The van der Waals surface area contributed by atoms with Gasteiger partial charge in [-0.1, -0.05) is 12.1 Å². The summed E-state index contributed by atoms with van der Waals surface area (Å²) in [4.78, 5) is 19.1. The van der Waals surface area contributed by atoms with Gasteiger partial charge in [-0.3, -0.25) is 9.69 Å². The molecule has 1 N–H and O–H groups in total. The molecule has 2 aliphatic rings. The van der Waals surface area contributed by atoms with E-state index in [1.807, 2.05) is 19.2 Å². The lowest BCUT2D eigenvalue weighted by atomic mass is 9.88. The van der Waals surface area contributed by atoms with E-state index in [9.17, 15) is 18.0 Å². The number of carbonyl (C=O) groups is 1. The first-order valence-corrected chi connectivity index (χ1v) is 10.7. The average Bonchev–Trinajstić information content (AvgIpc) is 3.12. The fourth-order valence-corrected chi connectivity index (χ4v) is 5.42. The Morgan fingerprint density at radius 2 is 2.17 bits per heavy atom. The molecule has 2 fully saturated rings. The van der Waals surface area contributed by atoms with Gasteiger partial charge in [0.05, 0.1) is 21.8 Å². The van der Waals surface area contributed by atoms with Gasteiger partial charge < -0.3 is 5.32 Å². The van der Waals surface area contributed by atoms with Crippen LogP contribution in [0.2, 0.25) is 0 Å². The molecule has 1 aromatic carbocycles. The van der Waals surface area contributed by atoms with E-state index in [0.29, 0.717) is 24.9 Å². The van der Waals surface area contributed by atoms with Crippen molar-refractivity contribution < 1.29 is 18.0 Å². The van der Waals surface area contributed by atoms with Crippen LogP contribution in [-0.2, 0) is 17.5 Å². The molecule has 3 heterocycles. The quantitative estimate of drug-likeness (QED) is 0.768. The number of halogens is 3. The fourth-order valence-electron chi connectivity index (χ4n) is 4.81. The molecule has 0 bridgehead atoms. The highest BCUT2D eigenvalue weighted by Crippen LogP contribution is 2.46. The van der Waals surface area contributed by atoms with Crippen molar-refractivity contribution in [3.63, 3.8) is 0 Å². The summed E-state index contributed by atoms with van der Waals surface area (Å²) in [5, 5.41) is 6.13. The summed E-state index contributed by atoms with van der Waals surface area (Å²) in [6, 6.07) is 5.42. The zero-order chi connectivity index (χ0) is 20.8. The van der Waals surface area contributed by atoms with E-state index in [2.05, 4.69) is 15.2 Å². The Labute approximate surface area is 172 Å². The minimum Gasteiger partial charge on any atom is -0.349 e. The predicted octanol–water partition coefficient (Wildman–Crippen LogP) is 4.84. The Morgan fingerprint density at radius 1 is 1.38 bits per heavy atom. The number of nitrogens with one attached hydrogen (secondary N) is 1. The molecule has 0 spiro atoms. The largest absolute Gasteiger partial charge is 0.416 e. The third-order valence-electron chi connectivity index (χ3n) is 6.07. The summed E-state index contributed by atoms with van der Waals surface area (Å²) >= 11 is 1.57. The Bertz CT molecular complexity index is 913. The predicted molar refractivity (Wildman–Crippen MR) is 105 cm³/mol. The van der Waals surface area contributed by atoms with Crippen LogP contribution in [0, 0.1) is 6.92 Å². The number of aromatic nitrogens is 1. The lowest BCUT2D eigenvalue weighted by molar-refractivity contribution is -0.137. The first-order valence-electron chi connectivity index (χ1n) is 9.81. The van der Waals surface area contributed by atoms with Crippen LogP contribution in [0.15, 0.2) is 29.6 Å². The van der Waals surface area contributed by atoms with Crippen LogP contribution < -0.4 is 5.32 Å². The second kappa shape index (κ2) is 7.40. The molecule has 1 aromatic heterocycles. The van der Waals surface area contributed by atoms with Gasteiger partial charge in [-0.2, -0.15) is 13.2 Å². The summed E-state index contributed by atoms with van der Waals surface area (Å²) in [5.41, 5.74) is 0.442. The molecule has 2 aliphatic heterocycles. The van der Waals surface area contributed by atoms with Crippen LogP contribution in [0.1, 0.15) is 60.5 Å². The summed E-state index contributed by atoms with van der Waals surface area (Å²) < 4.78 is 39.9. The lowest BCUT2D eigenvalue weighted by Gasteiger charge is -2.35. The van der Waals surface area contributed by atoms with Gasteiger partial charge in [-0.15, -0.1) is 11.3 Å². The zero-order valence-corrected chi connectivity index (χ0v) is 17.2. The van der Waals surface area contributed by atoms with E-state index in [4.69, 9.17) is 0 Å². The number of fused-ring (bicyclic) bond motifs is 1. The molecule has 0 unspecified atom stereocenters. The van der Waals surface area contributed by atoms with Gasteiger partial charge in [0.1, 0.15) is 0 Å². The molecular weight excluding hydrogens is 399 g/mol. The number of nitrogens with zero attached hydrogens (tertiary/aromatic N) is 2. The van der Waals surface area contributed by atoms with Gasteiger partial charge in [0, 0.05) is 30.4 Å². The number of amides is 1. The molecule has 4 nitrogen and oxygen atoms in total. The molecule has 4 rings (SSSR count). The number of hydrogen-bond donors (Lipinski definition) is 1. The van der Waals surface area contributed by atoms with E-state index in [0.717, 1.165) is 29.6 Å². The van der Waals surface area contributed by atoms with Crippen LogP contribution in [0.3, 0.4) is 0 Å². The monoisotopic (exact) mass is 423 g/mol. The van der Waals surface area contributed by atoms with Crippen molar-refractivity contribution in [2.24, 2.45) is 0 Å². The topological polar surface area (TPSA) is 45.2 Å². The highest BCUT2D eigenvalue weighted by Gasteiger charge is 2.51. The molecule has 0 radical (unpaired) electrons. The third kappa shape index (κ3) is 4.05. The van der Waals surface area contributed by atoms with Crippen LogP contribution >= 0.6 is 11.3 Å². The molecule has 0 saturated carbocycles. The maximum absolute atomic E-state index is 13.3. The van der Waals surface area contributed by atoms with Crippen LogP contribution in [0.5, 0.6) is 0 Å². The molecular formula is C21H24F3N3OS. The first-order chi connectivity index (χ1) is 13.7.